The van der Waals surface area contributed by atoms with Gasteiger partial charge in [0.2, 0.25) is 0 Å². The molecule has 0 atom stereocenters. The zero-order chi connectivity index (χ0) is 10.7. The van der Waals surface area contributed by atoms with E-state index in [2.05, 4.69) is 22.6 Å². The van der Waals surface area contributed by atoms with Gasteiger partial charge in [-0.1, -0.05) is 11.6 Å². The van der Waals surface area contributed by atoms with Crippen LogP contribution in [-0.4, -0.2) is 12.4 Å². The lowest BCUT2D eigenvalue weighted by Gasteiger charge is -2.10. The minimum Gasteiger partial charge on any atom is -0.492 e. The highest BCUT2D eigenvalue weighted by molar-refractivity contribution is 14.1. The number of hydrogen-bond donors (Lipinski definition) is 0. The van der Waals surface area contributed by atoms with Gasteiger partial charge in [0.25, 0.3) is 0 Å². The van der Waals surface area contributed by atoms with Crippen molar-refractivity contribution in [3.8, 4) is 5.75 Å². The SMILES string of the molecule is CCOc1c(I)cc(Cl)cc1C(C)=O. The van der Waals surface area contributed by atoms with Crippen molar-refractivity contribution in [2.45, 2.75) is 13.8 Å². The number of Topliss-reactive ketones (excluding diaryl/α,β-unsaturated/α-hetero) is 1. The number of ketones is 1. The van der Waals surface area contributed by atoms with Gasteiger partial charge in [0.05, 0.1) is 15.7 Å². The van der Waals surface area contributed by atoms with Gasteiger partial charge in [0.15, 0.2) is 5.78 Å². The van der Waals surface area contributed by atoms with E-state index in [1.807, 2.05) is 6.92 Å². The van der Waals surface area contributed by atoms with Crippen molar-refractivity contribution in [2.75, 3.05) is 6.61 Å². The number of ether oxygens (including phenoxy) is 1. The van der Waals surface area contributed by atoms with Crippen LogP contribution in [0, 0.1) is 3.57 Å². The molecule has 0 radical (unpaired) electrons. The minimum atomic E-state index is -0.0335. The van der Waals surface area contributed by atoms with Gasteiger partial charge in [-0.15, -0.1) is 0 Å². The van der Waals surface area contributed by atoms with Crippen LogP contribution in [-0.2, 0) is 0 Å². The first-order valence-electron chi connectivity index (χ1n) is 4.19. The van der Waals surface area contributed by atoms with E-state index in [0.717, 1.165) is 3.57 Å². The average molecular weight is 325 g/mol. The molecule has 0 unspecified atom stereocenters. The number of rotatable bonds is 3. The lowest BCUT2D eigenvalue weighted by molar-refractivity contribution is 0.101. The largest absolute Gasteiger partial charge is 0.492 e. The fourth-order valence-electron chi connectivity index (χ4n) is 1.11. The van der Waals surface area contributed by atoms with Crippen molar-refractivity contribution < 1.29 is 9.53 Å². The van der Waals surface area contributed by atoms with Crippen molar-refractivity contribution >= 4 is 40.0 Å². The second kappa shape index (κ2) is 4.98. The summed E-state index contributed by atoms with van der Waals surface area (Å²) < 4.78 is 6.26. The van der Waals surface area contributed by atoms with Crippen molar-refractivity contribution in [2.24, 2.45) is 0 Å². The Morgan fingerprint density at radius 3 is 2.71 bits per heavy atom. The number of carbonyl (C=O) groups is 1. The Labute approximate surface area is 102 Å². The summed E-state index contributed by atoms with van der Waals surface area (Å²) in [6, 6.07) is 3.41. The molecule has 0 N–H and O–H groups in total. The topological polar surface area (TPSA) is 26.3 Å². The second-order valence-corrected chi connectivity index (χ2v) is 4.35. The van der Waals surface area contributed by atoms with E-state index in [9.17, 15) is 4.79 Å². The molecule has 0 aliphatic heterocycles. The molecule has 0 saturated heterocycles. The van der Waals surface area contributed by atoms with Crippen LogP contribution >= 0.6 is 34.2 Å². The molecule has 0 bridgehead atoms. The molecule has 0 amide bonds. The molecule has 0 aliphatic rings. The summed E-state index contributed by atoms with van der Waals surface area (Å²) in [5.74, 6) is 0.596. The van der Waals surface area contributed by atoms with Crippen molar-refractivity contribution in [3.05, 3.63) is 26.3 Å². The van der Waals surface area contributed by atoms with Crippen LogP contribution in [0.1, 0.15) is 24.2 Å². The first-order valence-corrected chi connectivity index (χ1v) is 5.64. The summed E-state index contributed by atoms with van der Waals surface area (Å²) in [5, 5.41) is 0.558. The van der Waals surface area contributed by atoms with Gasteiger partial charge in [-0.3, -0.25) is 4.79 Å². The lowest BCUT2D eigenvalue weighted by Crippen LogP contribution is -2.02. The van der Waals surface area contributed by atoms with Gasteiger partial charge in [0.1, 0.15) is 5.75 Å². The summed E-state index contributed by atoms with van der Waals surface area (Å²) >= 11 is 7.96. The van der Waals surface area contributed by atoms with E-state index in [1.54, 1.807) is 12.1 Å². The normalized spacial score (nSPS) is 10.0. The third kappa shape index (κ3) is 2.60. The standard InChI is InChI=1S/C10H10ClIO2/c1-3-14-10-8(6(2)13)4-7(11)5-9(10)12/h4-5H,3H2,1-2H3. The zero-order valence-corrected chi connectivity index (χ0v) is 10.8. The predicted molar refractivity (Wildman–Crippen MR) is 65.3 cm³/mol. The first kappa shape index (κ1) is 11.8. The van der Waals surface area contributed by atoms with Crippen LogP contribution in [0.15, 0.2) is 12.1 Å². The van der Waals surface area contributed by atoms with Gasteiger partial charge in [-0.2, -0.15) is 0 Å². The fourth-order valence-corrected chi connectivity index (χ4v) is 2.30. The predicted octanol–water partition coefficient (Wildman–Crippen LogP) is 3.55. The number of benzene rings is 1. The van der Waals surface area contributed by atoms with E-state index in [4.69, 9.17) is 16.3 Å². The molecular weight excluding hydrogens is 314 g/mol. The minimum absolute atomic E-state index is 0.0335. The van der Waals surface area contributed by atoms with E-state index in [-0.39, 0.29) is 5.78 Å². The highest BCUT2D eigenvalue weighted by Crippen LogP contribution is 2.29. The Morgan fingerprint density at radius 2 is 2.21 bits per heavy atom. The third-order valence-electron chi connectivity index (χ3n) is 1.68. The number of hydrogen-bond acceptors (Lipinski definition) is 2. The Hall–Kier alpha value is -0.290. The monoisotopic (exact) mass is 324 g/mol. The van der Waals surface area contributed by atoms with Crippen LogP contribution < -0.4 is 4.74 Å². The Balaban J connectivity index is 3.28. The molecule has 14 heavy (non-hydrogen) atoms. The van der Waals surface area contributed by atoms with Crippen LogP contribution in [0.3, 0.4) is 0 Å². The molecule has 1 aromatic rings. The van der Waals surface area contributed by atoms with Gasteiger partial charge in [0, 0.05) is 5.02 Å². The van der Waals surface area contributed by atoms with Crippen LogP contribution in [0.5, 0.6) is 5.75 Å². The summed E-state index contributed by atoms with van der Waals surface area (Å²) in [6.07, 6.45) is 0. The molecular formula is C10H10ClIO2. The summed E-state index contributed by atoms with van der Waals surface area (Å²) in [6.45, 7) is 3.93. The highest BCUT2D eigenvalue weighted by atomic mass is 127. The first-order chi connectivity index (χ1) is 6.56. The van der Waals surface area contributed by atoms with Gasteiger partial charge in [-0.05, 0) is 48.6 Å². The molecule has 0 saturated carbocycles. The Kier molecular flexibility index (Phi) is 4.19. The maximum absolute atomic E-state index is 11.3. The third-order valence-corrected chi connectivity index (χ3v) is 2.70. The molecule has 0 aliphatic carbocycles. The van der Waals surface area contributed by atoms with Gasteiger partial charge < -0.3 is 4.74 Å². The van der Waals surface area contributed by atoms with Crippen LogP contribution in [0.2, 0.25) is 5.02 Å². The quantitative estimate of drug-likeness (QED) is 0.628. The smallest absolute Gasteiger partial charge is 0.163 e. The van der Waals surface area contributed by atoms with Crippen molar-refractivity contribution in [1.29, 1.82) is 0 Å². The summed E-state index contributed by atoms with van der Waals surface area (Å²) in [5.41, 5.74) is 0.545. The van der Waals surface area contributed by atoms with Crippen molar-refractivity contribution in [3.63, 3.8) is 0 Å². The molecule has 76 valence electrons. The molecule has 0 aromatic heterocycles. The molecule has 0 spiro atoms. The van der Waals surface area contributed by atoms with E-state index in [0.29, 0.717) is 22.9 Å². The number of halogens is 2. The maximum Gasteiger partial charge on any atom is 0.163 e. The van der Waals surface area contributed by atoms with E-state index < -0.39 is 0 Å². The molecule has 0 heterocycles. The Bertz CT molecular complexity index is 363. The summed E-state index contributed by atoms with van der Waals surface area (Å²) in [4.78, 5) is 11.3. The Morgan fingerprint density at radius 1 is 1.57 bits per heavy atom. The summed E-state index contributed by atoms with van der Waals surface area (Å²) in [7, 11) is 0. The molecule has 1 aromatic carbocycles. The number of carbonyl (C=O) groups excluding carboxylic acids is 1. The molecule has 2 nitrogen and oxygen atoms in total. The van der Waals surface area contributed by atoms with Crippen LogP contribution in [0.4, 0.5) is 0 Å². The maximum atomic E-state index is 11.3. The van der Waals surface area contributed by atoms with Gasteiger partial charge in [-0.25, -0.2) is 0 Å². The fraction of sp³-hybridized carbons (Fsp3) is 0.300. The van der Waals surface area contributed by atoms with Crippen LogP contribution in [0.25, 0.3) is 0 Å². The molecule has 4 heteroatoms. The van der Waals surface area contributed by atoms with E-state index in [1.165, 1.54) is 6.92 Å². The lowest BCUT2D eigenvalue weighted by atomic mass is 10.1. The van der Waals surface area contributed by atoms with E-state index >= 15 is 0 Å². The average Bonchev–Trinajstić information content (AvgIpc) is 2.09. The van der Waals surface area contributed by atoms with Crippen molar-refractivity contribution in [1.82, 2.24) is 0 Å². The zero-order valence-electron chi connectivity index (χ0n) is 7.93. The molecule has 0 fully saturated rings. The van der Waals surface area contributed by atoms with Gasteiger partial charge >= 0.3 is 0 Å². The second-order valence-electron chi connectivity index (χ2n) is 2.75. The molecule has 1 rings (SSSR count). The highest BCUT2D eigenvalue weighted by Gasteiger charge is 2.13.